The Morgan fingerprint density at radius 1 is 1.33 bits per heavy atom. The highest BCUT2D eigenvalue weighted by Gasteiger charge is 1.90. The summed E-state index contributed by atoms with van der Waals surface area (Å²) < 4.78 is 5.38. The Labute approximate surface area is 90.5 Å². The van der Waals surface area contributed by atoms with Gasteiger partial charge in [-0.2, -0.15) is 0 Å². The summed E-state index contributed by atoms with van der Waals surface area (Å²) in [6.45, 7) is 4.56. The summed E-state index contributed by atoms with van der Waals surface area (Å²) in [5, 5.41) is 9.11. The standard InChI is InChI=1S/C13H16O2/c1-2-13(14)9-6-10-15-11-12-7-4-3-5-8-12/h2-9,13-14H,1,10-11H2/t13-/m1/s1. The van der Waals surface area contributed by atoms with Crippen molar-refractivity contribution in [3.8, 4) is 0 Å². The van der Waals surface area contributed by atoms with Crippen LogP contribution >= 0.6 is 0 Å². The Morgan fingerprint density at radius 3 is 2.73 bits per heavy atom. The van der Waals surface area contributed by atoms with E-state index >= 15 is 0 Å². The predicted molar refractivity (Wildman–Crippen MR) is 61.4 cm³/mol. The maximum atomic E-state index is 9.11. The van der Waals surface area contributed by atoms with Gasteiger partial charge in [-0.15, -0.1) is 6.58 Å². The second-order valence-electron chi connectivity index (χ2n) is 3.16. The third kappa shape index (κ3) is 5.15. The summed E-state index contributed by atoms with van der Waals surface area (Å²) in [5.41, 5.74) is 1.15. The molecule has 2 heteroatoms. The molecule has 0 bridgehead atoms. The summed E-state index contributed by atoms with van der Waals surface area (Å²) in [6.07, 6.45) is 4.33. The van der Waals surface area contributed by atoms with Crippen LogP contribution in [0.15, 0.2) is 55.1 Å². The first-order valence-corrected chi connectivity index (χ1v) is 4.92. The molecule has 0 unspecified atom stereocenters. The molecular weight excluding hydrogens is 188 g/mol. The topological polar surface area (TPSA) is 29.5 Å². The van der Waals surface area contributed by atoms with Gasteiger partial charge >= 0.3 is 0 Å². The van der Waals surface area contributed by atoms with Crippen LogP contribution in [-0.2, 0) is 11.3 Å². The summed E-state index contributed by atoms with van der Waals surface area (Å²) in [5.74, 6) is 0. The zero-order valence-electron chi connectivity index (χ0n) is 8.67. The molecule has 0 radical (unpaired) electrons. The van der Waals surface area contributed by atoms with Crippen LogP contribution in [0.5, 0.6) is 0 Å². The minimum atomic E-state index is -0.578. The summed E-state index contributed by atoms with van der Waals surface area (Å²) >= 11 is 0. The van der Waals surface area contributed by atoms with E-state index in [1.165, 1.54) is 6.08 Å². The van der Waals surface area contributed by atoms with Crippen LogP contribution < -0.4 is 0 Å². The van der Waals surface area contributed by atoms with Crippen molar-refractivity contribution in [3.05, 3.63) is 60.7 Å². The second kappa shape index (κ2) is 6.98. The lowest BCUT2D eigenvalue weighted by Crippen LogP contribution is -1.97. The van der Waals surface area contributed by atoms with Gasteiger partial charge in [0.15, 0.2) is 0 Å². The average Bonchev–Trinajstić information content (AvgIpc) is 2.29. The Balaban J connectivity index is 2.17. The van der Waals surface area contributed by atoms with Crippen molar-refractivity contribution in [2.45, 2.75) is 12.7 Å². The molecule has 0 aliphatic rings. The van der Waals surface area contributed by atoms with Crippen molar-refractivity contribution in [3.63, 3.8) is 0 Å². The fourth-order valence-corrected chi connectivity index (χ4v) is 1.09. The van der Waals surface area contributed by atoms with Crippen LogP contribution in [0, 0.1) is 0 Å². The third-order valence-electron chi connectivity index (χ3n) is 1.90. The molecule has 1 aromatic carbocycles. The van der Waals surface area contributed by atoms with Crippen LogP contribution in [0.25, 0.3) is 0 Å². The molecule has 2 nitrogen and oxygen atoms in total. The number of rotatable bonds is 6. The van der Waals surface area contributed by atoms with Gasteiger partial charge < -0.3 is 9.84 Å². The number of benzene rings is 1. The monoisotopic (exact) mass is 204 g/mol. The quantitative estimate of drug-likeness (QED) is 0.569. The van der Waals surface area contributed by atoms with E-state index < -0.39 is 6.10 Å². The average molecular weight is 204 g/mol. The van der Waals surface area contributed by atoms with Crippen LogP contribution in [0.4, 0.5) is 0 Å². The lowest BCUT2D eigenvalue weighted by molar-refractivity contribution is 0.148. The van der Waals surface area contributed by atoms with Gasteiger partial charge in [-0.1, -0.05) is 48.6 Å². The van der Waals surface area contributed by atoms with E-state index in [0.29, 0.717) is 13.2 Å². The lowest BCUT2D eigenvalue weighted by atomic mass is 10.2. The number of aliphatic hydroxyl groups excluding tert-OH is 1. The largest absolute Gasteiger partial charge is 0.385 e. The molecule has 1 N–H and O–H groups in total. The van der Waals surface area contributed by atoms with Gasteiger partial charge in [-0.3, -0.25) is 0 Å². The van der Waals surface area contributed by atoms with Gasteiger partial charge in [0.05, 0.1) is 19.3 Å². The first kappa shape index (κ1) is 11.7. The Hall–Kier alpha value is -1.38. The summed E-state index contributed by atoms with van der Waals surface area (Å²) in [7, 11) is 0. The molecule has 80 valence electrons. The molecule has 0 saturated heterocycles. The van der Waals surface area contributed by atoms with Crippen LogP contribution in [0.1, 0.15) is 5.56 Å². The van der Waals surface area contributed by atoms with E-state index in [0.717, 1.165) is 5.56 Å². The Bertz CT molecular complexity index is 304. The van der Waals surface area contributed by atoms with Crippen LogP contribution in [0.3, 0.4) is 0 Å². The van der Waals surface area contributed by atoms with E-state index in [4.69, 9.17) is 9.84 Å². The molecule has 0 amide bonds. The van der Waals surface area contributed by atoms with E-state index in [1.54, 1.807) is 12.2 Å². The second-order valence-corrected chi connectivity index (χ2v) is 3.16. The van der Waals surface area contributed by atoms with E-state index in [2.05, 4.69) is 6.58 Å². The van der Waals surface area contributed by atoms with Crippen molar-refractivity contribution in [2.75, 3.05) is 6.61 Å². The van der Waals surface area contributed by atoms with Crippen LogP contribution in [-0.4, -0.2) is 17.8 Å². The van der Waals surface area contributed by atoms with Crippen molar-refractivity contribution in [1.82, 2.24) is 0 Å². The summed E-state index contributed by atoms with van der Waals surface area (Å²) in [6, 6.07) is 9.97. The molecule has 1 rings (SSSR count). The van der Waals surface area contributed by atoms with Crippen molar-refractivity contribution >= 4 is 0 Å². The highest BCUT2D eigenvalue weighted by atomic mass is 16.5. The van der Waals surface area contributed by atoms with Gasteiger partial charge in [0.2, 0.25) is 0 Å². The van der Waals surface area contributed by atoms with Crippen LogP contribution in [0.2, 0.25) is 0 Å². The van der Waals surface area contributed by atoms with Gasteiger partial charge in [0, 0.05) is 0 Å². The SMILES string of the molecule is C=C[C@@H](O)C=CCOCc1ccccc1. The molecule has 0 saturated carbocycles. The molecule has 0 spiro atoms. The fraction of sp³-hybridized carbons (Fsp3) is 0.231. The number of aliphatic hydroxyl groups is 1. The van der Waals surface area contributed by atoms with Crippen molar-refractivity contribution in [2.24, 2.45) is 0 Å². The van der Waals surface area contributed by atoms with Gasteiger partial charge in [0.25, 0.3) is 0 Å². The molecular formula is C13H16O2. The maximum absolute atomic E-state index is 9.11. The molecule has 0 aromatic heterocycles. The van der Waals surface area contributed by atoms with Gasteiger partial charge in [-0.05, 0) is 5.56 Å². The number of hydrogen-bond acceptors (Lipinski definition) is 2. The zero-order chi connectivity index (χ0) is 10.9. The lowest BCUT2D eigenvalue weighted by Gasteiger charge is -2.01. The van der Waals surface area contributed by atoms with Crippen molar-refractivity contribution in [1.29, 1.82) is 0 Å². The van der Waals surface area contributed by atoms with Crippen molar-refractivity contribution < 1.29 is 9.84 Å². The molecule has 1 aromatic rings. The number of ether oxygens (including phenoxy) is 1. The molecule has 0 fully saturated rings. The fourth-order valence-electron chi connectivity index (χ4n) is 1.09. The Kier molecular flexibility index (Phi) is 5.44. The van der Waals surface area contributed by atoms with E-state index in [-0.39, 0.29) is 0 Å². The minimum Gasteiger partial charge on any atom is -0.385 e. The highest BCUT2D eigenvalue weighted by molar-refractivity contribution is 5.13. The molecule has 0 heterocycles. The Morgan fingerprint density at radius 2 is 2.07 bits per heavy atom. The van der Waals surface area contributed by atoms with E-state index in [1.807, 2.05) is 30.3 Å². The maximum Gasteiger partial charge on any atom is 0.0900 e. The molecule has 15 heavy (non-hydrogen) atoms. The third-order valence-corrected chi connectivity index (χ3v) is 1.90. The zero-order valence-corrected chi connectivity index (χ0v) is 8.67. The highest BCUT2D eigenvalue weighted by Crippen LogP contribution is 2.00. The smallest absolute Gasteiger partial charge is 0.0900 e. The first-order chi connectivity index (χ1) is 7.33. The molecule has 1 atom stereocenters. The summed E-state index contributed by atoms with van der Waals surface area (Å²) in [4.78, 5) is 0. The predicted octanol–water partition coefficient (Wildman–Crippen LogP) is 2.31. The molecule has 0 aliphatic carbocycles. The normalized spacial score (nSPS) is 12.9. The van der Waals surface area contributed by atoms with Gasteiger partial charge in [-0.25, -0.2) is 0 Å². The van der Waals surface area contributed by atoms with Gasteiger partial charge in [0.1, 0.15) is 0 Å². The molecule has 0 aliphatic heterocycles. The van der Waals surface area contributed by atoms with E-state index in [9.17, 15) is 0 Å². The number of hydrogen-bond donors (Lipinski definition) is 1. The minimum absolute atomic E-state index is 0.500. The first-order valence-electron chi connectivity index (χ1n) is 4.92.